The molecule has 2 bridgehead atoms. The average molecular weight is 1570 g/mol. The van der Waals surface area contributed by atoms with Crippen LogP contribution < -0.4 is 97.4 Å². The van der Waals surface area contributed by atoms with Crippen LogP contribution in [-0.2, 0) is 83.1 Å². The number of carbonyl (C=O) groups is 16. The number of nitrogens with one attached hydrogen (secondary N) is 14. The Morgan fingerprint density at radius 2 is 1.07 bits per heavy atom. The molecule has 0 spiro atoms. The van der Waals surface area contributed by atoms with E-state index in [1.807, 2.05) is 30.3 Å². The summed E-state index contributed by atoms with van der Waals surface area (Å²) in [5, 5.41) is 42.9. The van der Waals surface area contributed by atoms with Crippen LogP contribution in [0, 0.1) is 29.6 Å². The van der Waals surface area contributed by atoms with Gasteiger partial charge in [-0.15, -0.1) is 0 Å². The SMILES string of the molecule is CCC(=O)[C@@H](NC(=O)[C@H](C)CC(=O)[C@H](CC1=CCc2ccccc21)NC(=O)[C@H](CCC(N)=O)CC(=O)[C@H](CC(N)=O)NC(=O)CCC(=O)[C@H](CC(C)C)NC(=O)[C@H](CCCCNC(=O)CCCC(=O)NC12CNCCNCC(N)(CNCCNC1)CNCCNC2)CC(=O)[C@H](CCC(N)=O)NC(=O)[C@@H]1CCC(=O)N1)C(C)C. The molecule has 4 saturated heterocycles. The number of hydrogen-bond acceptors (Lipinski definition) is 23. The van der Waals surface area contributed by atoms with Crippen LogP contribution in [0.2, 0.25) is 0 Å². The predicted molar refractivity (Wildman–Crippen MR) is 419 cm³/mol. The highest BCUT2D eigenvalue weighted by molar-refractivity contribution is 6.00. The molecule has 0 saturated carbocycles. The Labute approximate surface area is 657 Å². The molecular formula is C78H126N18O16. The number of carbonyl (C=O) groups excluding carboxylic acids is 16. The molecule has 0 aromatic heterocycles. The van der Waals surface area contributed by atoms with Crippen molar-refractivity contribution in [1.29, 1.82) is 0 Å². The smallest absolute Gasteiger partial charge is 0.243 e. The van der Waals surface area contributed by atoms with Crippen molar-refractivity contribution in [2.75, 3.05) is 85.1 Å². The first-order chi connectivity index (χ1) is 53.2. The van der Waals surface area contributed by atoms with E-state index in [0.29, 0.717) is 91.4 Å². The largest absolute Gasteiger partial charge is 0.370 e. The third-order valence-corrected chi connectivity index (χ3v) is 20.7. The first-order valence-corrected chi connectivity index (χ1v) is 39.9. The van der Waals surface area contributed by atoms with Gasteiger partial charge in [0.05, 0.1) is 47.7 Å². The highest BCUT2D eigenvalue weighted by atomic mass is 16.2. The summed E-state index contributed by atoms with van der Waals surface area (Å²) in [6.07, 6.45) is -0.951. The van der Waals surface area contributed by atoms with Crippen LogP contribution in [0.15, 0.2) is 30.3 Å². The second-order valence-electron chi connectivity index (χ2n) is 31.3. The van der Waals surface area contributed by atoms with Gasteiger partial charge in [0.1, 0.15) is 6.04 Å². The zero-order valence-corrected chi connectivity index (χ0v) is 66.3. The summed E-state index contributed by atoms with van der Waals surface area (Å²) in [6, 6.07) is 0.208. The average Bonchev–Trinajstić information content (AvgIpc) is 1.63. The van der Waals surface area contributed by atoms with Crippen LogP contribution in [0.3, 0.4) is 0 Å². The van der Waals surface area contributed by atoms with Gasteiger partial charge in [-0.3, -0.25) is 76.7 Å². The van der Waals surface area contributed by atoms with Crippen molar-refractivity contribution in [2.45, 2.75) is 230 Å². The van der Waals surface area contributed by atoms with Crippen molar-refractivity contribution in [3.05, 3.63) is 41.5 Å². The lowest BCUT2D eigenvalue weighted by molar-refractivity contribution is -0.136. The van der Waals surface area contributed by atoms with E-state index in [1.165, 1.54) is 6.92 Å². The van der Waals surface area contributed by atoms with Gasteiger partial charge < -0.3 is 97.4 Å². The van der Waals surface area contributed by atoms with Crippen LogP contribution in [0.4, 0.5) is 0 Å². The van der Waals surface area contributed by atoms with Crippen molar-refractivity contribution in [3.63, 3.8) is 0 Å². The predicted octanol–water partition coefficient (Wildman–Crippen LogP) is -2.52. The minimum atomic E-state index is -1.66. The van der Waals surface area contributed by atoms with E-state index in [4.69, 9.17) is 22.9 Å². The molecule has 4 aliphatic heterocycles. The van der Waals surface area contributed by atoms with Gasteiger partial charge >= 0.3 is 0 Å². The van der Waals surface area contributed by atoms with Crippen molar-refractivity contribution >= 4 is 99.5 Å². The number of rotatable bonds is 47. The molecule has 34 nitrogen and oxygen atoms in total. The zero-order chi connectivity index (χ0) is 82.5. The zero-order valence-electron chi connectivity index (χ0n) is 66.3. The Balaban J connectivity index is 1.26. The summed E-state index contributed by atoms with van der Waals surface area (Å²) in [5.41, 5.74) is 24.8. The maximum Gasteiger partial charge on any atom is 0.243 e. The molecule has 0 unspecified atom stereocenters. The van der Waals surface area contributed by atoms with Gasteiger partial charge in [0.15, 0.2) is 28.9 Å². The maximum absolute atomic E-state index is 14.7. The molecule has 4 fully saturated rings. The van der Waals surface area contributed by atoms with E-state index in [-0.39, 0.29) is 132 Å². The van der Waals surface area contributed by atoms with Gasteiger partial charge in [0.2, 0.25) is 65.0 Å². The van der Waals surface area contributed by atoms with E-state index in [1.54, 1.807) is 34.6 Å². The van der Waals surface area contributed by atoms with Gasteiger partial charge in [-0.2, -0.15) is 0 Å². The van der Waals surface area contributed by atoms with Crippen LogP contribution in [-0.4, -0.2) is 226 Å². The lowest BCUT2D eigenvalue weighted by Gasteiger charge is -2.37. The number of unbranched alkanes of at least 4 members (excludes halogenated alkanes) is 1. The Hall–Kier alpha value is -8.80. The van der Waals surface area contributed by atoms with E-state index >= 15 is 0 Å². The van der Waals surface area contributed by atoms with E-state index in [0.717, 1.165) is 16.7 Å². The maximum atomic E-state index is 14.7. The Bertz CT molecular complexity index is 3410. The number of primary amides is 3. The van der Waals surface area contributed by atoms with E-state index in [9.17, 15) is 76.7 Å². The lowest BCUT2D eigenvalue weighted by atomic mass is 9.89. The Morgan fingerprint density at radius 3 is 1.63 bits per heavy atom. The molecule has 624 valence electrons. The molecule has 112 heavy (non-hydrogen) atoms. The summed E-state index contributed by atoms with van der Waals surface area (Å²) in [4.78, 5) is 216. The van der Waals surface area contributed by atoms with E-state index < -0.39 is 174 Å². The fourth-order valence-corrected chi connectivity index (χ4v) is 14.2. The standard InChI is InChI=1S/C78H126N18O16/c1-7-60(97)72(48(4)5)95-73(109)49(6)36-62(99)58(37-51-19-18-50-13-8-9-15-54(50)51)94-75(111)53(20-24-65(79)102)39-64(101)59(40-67(81)104)91-70(107)27-23-61(98)57(35-47(2)3)93-74(110)52(38-63(100)55(21-25-66(80)103)92-76(112)56-22-26-69(106)90-56)14-10-11-28-89-68(105)16-12-17-71(108)96-78-44-86-32-29-83-41-77(82,42-84-30-33-87-45-78)43-85-31-34-88-46-78/h8-9,13,15,19,47-49,52-53,55-59,72,83-88H,7,10-12,14,16-18,20-46,82H2,1-6H3,(H2,79,102)(H2,80,103)(H2,81,104)(H,89,105)(H,90,106)(H,91,107)(H,92,112)(H,93,110)(H,94,111)(H,95,109)(H,96,108)/t49-,52-,53-,55+,56+,57+,58+,59+,72+,77?,78?/m1/s1. The quantitative estimate of drug-likeness (QED) is 0.0299. The fraction of sp³-hybridized carbons (Fsp3) is 0.692. The summed E-state index contributed by atoms with van der Waals surface area (Å²) in [5.74, 6) is -14.2. The number of hydrogen-bond donors (Lipinski definition) is 18. The molecule has 1 aromatic carbocycles. The first kappa shape index (κ1) is 93.8. The molecule has 1 aromatic rings. The fourth-order valence-electron chi connectivity index (χ4n) is 14.2. The minimum Gasteiger partial charge on any atom is -0.370 e. The highest BCUT2D eigenvalue weighted by Crippen LogP contribution is 2.32. The number of nitrogens with two attached hydrogens (primary N) is 4. The van der Waals surface area contributed by atoms with Gasteiger partial charge in [-0.05, 0) is 79.9 Å². The van der Waals surface area contributed by atoms with Crippen LogP contribution in [0.25, 0.3) is 5.57 Å². The van der Waals surface area contributed by atoms with Crippen molar-refractivity contribution in [1.82, 2.24) is 74.4 Å². The van der Waals surface area contributed by atoms with Gasteiger partial charge in [-0.1, -0.05) is 78.3 Å². The van der Waals surface area contributed by atoms with Crippen LogP contribution >= 0.6 is 0 Å². The number of fused-ring (bicyclic) bond motifs is 16. The molecule has 1 aliphatic carbocycles. The normalized spacial score (nSPS) is 20.3. The Kier molecular flexibility index (Phi) is 40.5. The number of benzene rings is 1. The summed E-state index contributed by atoms with van der Waals surface area (Å²) in [7, 11) is 0. The molecule has 6 rings (SSSR count). The second-order valence-corrected chi connectivity index (χ2v) is 31.3. The van der Waals surface area contributed by atoms with E-state index in [2.05, 4.69) is 74.4 Å². The topological polar surface area (TPSA) is 546 Å². The second kappa shape index (κ2) is 48.3. The lowest BCUT2D eigenvalue weighted by Crippen LogP contribution is -2.67. The van der Waals surface area contributed by atoms with Crippen molar-refractivity contribution in [2.24, 2.45) is 52.5 Å². The number of amides is 11. The van der Waals surface area contributed by atoms with Crippen molar-refractivity contribution < 1.29 is 76.7 Å². The number of allylic oxidation sites excluding steroid dienone is 1. The minimum absolute atomic E-state index is 0.0147. The van der Waals surface area contributed by atoms with Gasteiger partial charge in [0.25, 0.3) is 0 Å². The Morgan fingerprint density at radius 1 is 0.518 bits per heavy atom. The first-order valence-electron chi connectivity index (χ1n) is 39.9. The van der Waals surface area contributed by atoms with Gasteiger partial charge in [0, 0.05) is 180 Å². The molecule has 0 radical (unpaired) electrons. The van der Waals surface area contributed by atoms with Gasteiger partial charge in [-0.25, -0.2) is 0 Å². The molecule has 5 aliphatic rings. The molecule has 22 N–H and O–H groups in total. The molecular weight excluding hydrogens is 1440 g/mol. The third-order valence-electron chi connectivity index (χ3n) is 20.7. The van der Waals surface area contributed by atoms with Crippen molar-refractivity contribution in [3.8, 4) is 0 Å². The highest BCUT2D eigenvalue weighted by Gasteiger charge is 2.38. The monoisotopic (exact) mass is 1570 g/mol. The third kappa shape index (κ3) is 33.9. The number of ketones is 5. The summed E-state index contributed by atoms with van der Waals surface area (Å²) in [6.45, 7) is 17.6. The summed E-state index contributed by atoms with van der Waals surface area (Å²) < 4.78 is 0. The molecule has 34 heteroatoms. The molecule has 11 amide bonds. The van der Waals surface area contributed by atoms with Crippen LogP contribution in [0.5, 0.6) is 0 Å². The molecule has 4 heterocycles. The summed E-state index contributed by atoms with van der Waals surface area (Å²) >= 11 is 0. The van der Waals surface area contributed by atoms with Crippen LogP contribution in [0.1, 0.15) is 188 Å². The number of Topliss-reactive ketones (excluding diaryl/α,β-unsaturated/α-hetero) is 5. The molecule has 9 atom stereocenters.